The molecule has 4 heteroatoms. The average molecular weight is 264 g/mol. The number of likely N-dealkylation sites (tertiary alicyclic amines) is 1. The fraction of sp³-hybridized carbons (Fsp3) is 0.533. The van der Waals surface area contributed by atoms with Crippen LogP contribution < -0.4 is 5.73 Å². The summed E-state index contributed by atoms with van der Waals surface area (Å²) in [6, 6.07) is 6.85. The van der Waals surface area contributed by atoms with Crippen molar-refractivity contribution in [3.05, 3.63) is 35.6 Å². The van der Waals surface area contributed by atoms with Crippen LogP contribution in [0.2, 0.25) is 0 Å². The van der Waals surface area contributed by atoms with Gasteiger partial charge in [0.15, 0.2) is 0 Å². The first-order chi connectivity index (χ1) is 9.08. The molecule has 1 aliphatic heterocycles. The minimum atomic E-state index is -0.189. The molecular weight excluding hydrogens is 243 g/mol. The molecule has 0 unspecified atom stereocenters. The van der Waals surface area contributed by atoms with E-state index in [2.05, 4.69) is 0 Å². The number of nitrogens with zero attached hydrogens (tertiary/aromatic N) is 1. The van der Waals surface area contributed by atoms with Gasteiger partial charge in [0.2, 0.25) is 5.91 Å². The van der Waals surface area contributed by atoms with Crippen molar-refractivity contribution in [1.29, 1.82) is 0 Å². The van der Waals surface area contributed by atoms with Gasteiger partial charge in [-0.2, -0.15) is 0 Å². The molecule has 0 aliphatic carbocycles. The van der Waals surface area contributed by atoms with Crippen LogP contribution in [0, 0.1) is 11.7 Å². The van der Waals surface area contributed by atoms with Crippen molar-refractivity contribution in [2.24, 2.45) is 11.7 Å². The molecule has 1 heterocycles. The zero-order valence-electron chi connectivity index (χ0n) is 11.3. The van der Waals surface area contributed by atoms with Crippen molar-refractivity contribution < 1.29 is 9.18 Å². The zero-order valence-corrected chi connectivity index (χ0v) is 11.3. The third-order valence-corrected chi connectivity index (χ3v) is 3.76. The lowest BCUT2D eigenvalue weighted by Gasteiger charge is -2.20. The number of aryl methyl sites for hydroxylation is 1. The molecule has 2 N–H and O–H groups in total. The minimum absolute atomic E-state index is 0.0788. The molecule has 1 aromatic carbocycles. The fourth-order valence-corrected chi connectivity index (χ4v) is 2.50. The van der Waals surface area contributed by atoms with Gasteiger partial charge in [0, 0.05) is 25.0 Å². The zero-order chi connectivity index (χ0) is 13.8. The Kier molecular flexibility index (Phi) is 4.53. The summed E-state index contributed by atoms with van der Waals surface area (Å²) in [5, 5.41) is 0. The molecule has 0 radical (unpaired) electrons. The van der Waals surface area contributed by atoms with Gasteiger partial charge >= 0.3 is 0 Å². The summed E-state index contributed by atoms with van der Waals surface area (Å²) in [5.41, 5.74) is 6.49. The van der Waals surface area contributed by atoms with Crippen molar-refractivity contribution >= 4 is 5.91 Å². The smallest absolute Gasteiger partial charge is 0.225 e. The van der Waals surface area contributed by atoms with E-state index in [1.54, 1.807) is 12.1 Å². The maximum atomic E-state index is 13.5. The van der Waals surface area contributed by atoms with Crippen LogP contribution in [-0.2, 0) is 11.2 Å². The number of rotatable bonds is 4. The number of carbonyl (C=O) groups is 1. The summed E-state index contributed by atoms with van der Waals surface area (Å²) in [7, 11) is 0. The van der Waals surface area contributed by atoms with Gasteiger partial charge in [-0.15, -0.1) is 0 Å². The highest BCUT2D eigenvalue weighted by Crippen LogP contribution is 2.17. The maximum Gasteiger partial charge on any atom is 0.225 e. The number of hydrogen-bond acceptors (Lipinski definition) is 2. The van der Waals surface area contributed by atoms with E-state index in [9.17, 15) is 9.18 Å². The predicted octanol–water partition coefficient (Wildman–Crippen LogP) is 1.95. The molecule has 19 heavy (non-hydrogen) atoms. The Morgan fingerprint density at radius 1 is 1.53 bits per heavy atom. The molecule has 1 amide bonds. The van der Waals surface area contributed by atoms with E-state index < -0.39 is 0 Å². The lowest BCUT2D eigenvalue weighted by Crippen LogP contribution is -2.35. The molecule has 1 saturated heterocycles. The number of nitrogens with two attached hydrogens (primary N) is 1. The van der Waals surface area contributed by atoms with E-state index in [1.807, 2.05) is 17.9 Å². The van der Waals surface area contributed by atoms with Gasteiger partial charge in [-0.3, -0.25) is 4.79 Å². The lowest BCUT2D eigenvalue weighted by molar-refractivity contribution is -0.134. The van der Waals surface area contributed by atoms with Crippen LogP contribution in [0.25, 0.3) is 0 Å². The minimum Gasteiger partial charge on any atom is -0.341 e. The molecule has 3 nitrogen and oxygen atoms in total. The van der Waals surface area contributed by atoms with E-state index in [-0.39, 0.29) is 23.7 Å². The Labute approximate surface area is 113 Å². The molecule has 1 aromatic rings. The van der Waals surface area contributed by atoms with Crippen LogP contribution in [0.4, 0.5) is 4.39 Å². The Morgan fingerprint density at radius 2 is 2.26 bits per heavy atom. The molecule has 1 aliphatic rings. The monoisotopic (exact) mass is 264 g/mol. The Morgan fingerprint density at radius 3 is 2.89 bits per heavy atom. The molecule has 104 valence electrons. The first kappa shape index (κ1) is 14.0. The van der Waals surface area contributed by atoms with Crippen LogP contribution in [0.3, 0.4) is 0 Å². The van der Waals surface area contributed by atoms with Crippen molar-refractivity contribution in [3.8, 4) is 0 Å². The summed E-state index contributed by atoms with van der Waals surface area (Å²) in [6.45, 7) is 3.32. The molecule has 1 fully saturated rings. The first-order valence-electron chi connectivity index (χ1n) is 6.85. The highest BCUT2D eigenvalue weighted by molar-refractivity contribution is 5.78. The second kappa shape index (κ2) is 6.15. The Hall–Kier alpha value is -1.42. The largest absolute Gasteiger partial charge is 0.341 e. The third kappa shape index (κ3) is 3.53. The van der Waals surface area contributed by atoms with Crippen molar-refractivity contribution in [2.45, 2.75) is 32.2 Å². The van der Waals surface area contributed by atoms with Gasteiger partial charge in [0.1, 0.15) is 5.82 Å². The number of carbonyl (C=O) groups excluding carboxylic acids is 1. The molecule has 0 saturated carbocycles. The van der Waals surface area contributed by atoms with Crippen LogP contribution in [0.15, 0.2) is 24.3 Å². The topological polar surface area (TPSA) is 46.3 Å². The summed E-state index contributed by atoms with van der Waals surface area (Å²) >= 11 is 0. The Balaban J connectivity index is 1.86. The van der Waals surface area contributed by atoms with Gasteiger partial charge in [0.05, 0.1) is 0 Å². The molecule has 0 bridgehead atoms. The summed E-state index contributed by atoms with van der Waals surface area (Å²) < 4.78 is 13.5. The average Bonchev–Trinajstić information content (AvgIpc) is 2.83. The van der Waals surface area contributed by atoms with Gasteiger partial charge in [-0.05, 0) is 30.9 Å². The van der Waals surface area contributed by atoms with Crippen molar-refractivity contribution in [1.82, 2.24) is 4.90 Å². The molecule has 0 spiro atoms. The maximum absolute atomic E-state index is 13.5. The van der Waals surface area contributed by atoms with E-state index in [1.165, 1.54) is 6.07 Å². The van der Waals surface area contributed by atoms with Gasteiger partial charge in [0.25, 0.3) is 0 Å². The van der Waals surface area contributed by atoms with Crippen LogP contribution >= 0.6 is 0 Å². The summed E-state index contributed by atoms with van der Waals surface area (Å²) in [6.07, 6.45) is 2.15. The third-order valence-electron chi connectivity index (χ3n) is 3.76. The number of benzene rings is 1. The standard InChI is InChI=1S/C15H21FN2O/c1-11(15(19)18-9-8-13(17)10-18)6-7-12-4-2-3-5-14(12)16/h2-5,11,13H,6-10,17H2,1H3/t11-,13+/m0/s1. The second-order valence-electron chi connectivity index (χ2n) is 5.36. The summed E-state index contributed by atoms with van der Waals surface area (Å²) in [5.74, 6) is -0.125. The van der Waals surface area contributed by atoms with Gasteiger partial charge in [-0.1, -0.05) is 25.1 Å². The molecule has 2 atom stereocenters. The van der Waals surface area contributed by atoms with Crippen molar-refractivity contribution in [3.63, 3.8) is 0 Å². The van der Waals surface area contributed by atoms with Gasteiger partial charge in [-0.25, -0.2) is 4.39 Å². The van der Waals surface area contributed by atoms with Crippen LogP contribution in [0.5, 0.6) is 0 Å². The van der Waals surface area contributed by atoms with Crippen LogP contribution in [0.1, 0.15) is 25.3 Å². The molecule has 0 aromatic heterocycles. The van der Waals surface area contributed by atoms with Crippen LogP contribution in [-0.4, -0.2) is 29.9 Å². The quantitative estimate of drug-likeness (QED) is 0.903. The predicted molar refractivity (Wildman–Crippen MR) is 73.1 cm³/mol. The highest BCUT2D eigenvalue weighted by Gasteiger charge is 2.26. The van der Waals surface area contributed by atoms with E-state index in [0.29, 0.717) is 24.9 Å². The number of amides is 1. The molecule has 2 rings (SSSR count). The molecular formula is C15H21FN2O. The normalized spacial score (nSPS) is 20.6. The highest BCUT2D eigenvalue weighted by atomic mass is 19.1. The number of halogens is 1. The Bertz CT molecular complexity index is 450. The number of hydrogen-bond donors (Lipinski definition) is 1. The van der Waals surface area contributed by atoms with E-state index in [0.717, 1.165) is 13.0 Å². The first-order valence-corrected chi connectivity index (χ1v) is 6.85. The fourth-order valence-electron chi connectivity index (χ4n) is 2.50. The summed E-state index contributed by atoms with van der Waals surface area (Å²) in [4.78, 5) is 14.0. The van der Waals surface area contributed by atoms with E-state index >= 15 is 0 Å². The SMILES string of the molecule is C[C@@H](CCc1ccccc1F)C(=O)N1CC[C@@H](N)C1. The van der Waals surface area contributed by atoms with Crippen molar-refractivity contribution in [2.75, 3.05) is 13.1 Å². The van der Waals surface area contributed by atoms with E-state index in [4.69, 9.17) is 5.73 Å². The second-order valence-corrected chi connectivity index (χ2v) is 5.36. The lowest BCUT2D eigenvalue weighted by atomic mass is 9.99. The van der Waals surface area contributed by atoms with Gasteiger partial charge < -0.3 is 10.6 Å².